The zero-order chi connectivity index (χ0) is 19.8. The van der Waals surface area contributed by atoms with Gasteiger partial charge in [-0.15, -0.1) is 22.7 Å². The minimum Gasteiger partial charge on any atom is -0.462 e. The first-order chi connectivity index (χ1) is 13.5. The predicted octanol–water partition coefficient (Wildman–Crippen LogP) is 5.15. The van der Waals surface area contributed by atoms with Gasteiger partial charge in [0, 0.05) is 6.04 Å². The first-order valence-electron chi connectivity index (χ1n) is 9.38. The third kappa shape index (κ3) is 3.32. The highest BCUT2D eigenvalue weighted by Gasteiger charge is 2.23. The third-order valence-corrected chi connectivity index (χ3v) is 7.64. The topological polar surface area (TPSA) is 66.2 Å². The van der Waals surface area contributed by atoms with E-state index in [1.165, 1.54) is 23.3 Å². The second-order valence-electron chi connectivity index (χ2n) is 6.93. The summed E-state index contributed by atoms with van der Waals surface area (Å²) in [6, 6.07) is 8.96. The van der Waals surface area contributed by atoms with Crippen LogP contribution in [0.2, 0.25) is 0 Å². The van der Waals surface area contributed by atoms with Gasteiger partial charge in [0.2, 0.25) is 0 Å². The Kier molecular flexibility index (Phi) is 5.19. The van der Waals surface area contributed by atoms with E-state index in [1.54, 1.807) is 18.3 Å². The minimum absolute atomic E-state index is 0.311. The van der Waals surface area contributed by atoms with E-state index >= 15 is 0 Å². The van der Waals surface area contributed by atoms with Crippen molar-refractivity contribution in [1.29, 1.82) is 5.26 Å². The van der Waals surface area contributed by atoms with E-state index in [1.807, 2.05) is 13.0 Å². The number of aryl methyl sites for hydroxylation is 1. The van der Waals surface area contributed by atoms with Crippen LogP contribution in [0, 0.1) is 18.3 Å². The fourth-order valence-corrected chi connectivity index (χ4v) is 5.54. The Bertz CT molecular complexity index is 1090. The summed E-state index contributed by atoms with van der Waals surface area (Å²) in [6.07, 6.45) is 1.24. The molecule has 1 aliphatic heterocycles. The van der Waals surface area contributed by atoms with Crippen LogP contribution in [0.4, 0.5) is 0 Å². The van der Waals surface area contributed by atoms with E-state index < -0.39 is 0 Å². The highest BCUT2D eigenvalue weighted by atomic mass is 32.1. The molecule has 0 amide bonds. The number of hydrogen-bond acceptors (Lipinski definition) is 7. The van der Waals surface area contributed by atoms with Crippen molar-refractivity contribution in [2.75, 3.05) is 19.7 Å². The largest absolute Gasteiger partial charge is 0.462 e. The molecule has 0 radical (unpaired) electrons. The van der Waals surface area contributed by atoms with E-state index in [-0.39, 0.29) is 5.97 Å². The number of thiazole rings is 1. The Labute approximate surface area is 172 Å². The molecule has 1 aliphatic rings. The fourth-order valence-electron chi connectivity index (χ4n) is 3.43. The van der Waals surface area contributed by atoms with Crippen LogP contribution in [-0.4, -0.2) is 35.5 Å². The van der Waals surface area contributed by atoms with Gasteiger partial charge in [-0.3, -0.25) is 4.90 Å². The average Bonchev–Trinajstić information content (AvgIpc) is 3.22. The Hall–Kier alpha value is -2.27. The Morgan fingerprint density at radius 3 is 2.79 bits per heavy atom. The van der Waals surface area contributed by atoms with Crippen LogP contribution in [0.3, 0.4) is 0 Å². The van der Waals surface area contributed by atoms with Crippen molar-refractivity contribution in [3.63, 3.8) is 0 Å². The number of rotatable bonds is 5. The van der Waals surface area contributed by atoms with Crippen LogP contribution in [-0.2, 0) is 4.74 Å². The number of likely N-dealkylation sites (tertiary alicyclic amines) is 1. The molecule has 1 aromatic carbocycles. The third-order valence-electron chi connectivity index (χ3n) is 5.15. The number of thiophene rings is 1. The number of hydrogen-bond donors (Lipinski definition) is 0. The standard InChI is InChI=1S/C21H21N3O2S2/c1-4-26-21(25)18-12(2)23-20(28-18)17-10-15-8-14(13(3)24-6-5-7-24)9-16(11-22)19(15)27-17/h8-10,13H,4-7H2,1-3H3. The number of nitrogens with zero attached hydrogens (tertiary/aromatic N) is 3. The van der Waals surface area contributed by atoms with Crippen LogP contribution in [0.5, 0.6) is 0 Å². The lowest BCUT2D eigenvalue weighted by atomic mass is 9.99. The van der Waals surface area contributed by atoms with Gasteiger partial charge in [0.1, 0.15) is 16.0 Å². The maximum atomic E-state index is 12.1. The number of fused-ring (bicyclic) bond motifs is 1. The molecule has 4 rings (SSSR count). The molecule has 5 nitrogen and oxygen atoms in total. The van der Waals surface area contributed by atoms with Crippen molar-refractivity contribution >= 4 is 38.7 Å². The monoisotopic (exact) mass is 411 g/mol. The van der Waals surface area contributed by atoms with Crippen molar-refractivity contribution in [2.45, 2.75) is 33.2 Å². The Morgan fingerprint density at radius 1 is 1.36 bits per heavy atom. The summed E-state index contributed by atoms with van der Waals surface area (Å²) in [7, 11) is 0. The van der Waals surface area contributed by atoms with Crippen molar-refractivity contribution < 1.29 is 9.53 Å². The van der Waals surface area contributed by atoms with Crippen LogP contribution < -0.4 is 0 Å². The van der Waals surface area contributed by atoms with Gasteiger partial charge in [-0.05, 0) is 69.4 Å². The Morgan fingerprint density at radius 2 is 2.14 bits per heavy atom. The van der Waals surface area contributed by atoms with Gasteiger partial charge in [0.25, 0.3) is 0 Å². The van der Waals surface area contributed by atoms with Gasteiger partial charge in [0.15, 0.2) is 0 Å². The summed E-state index contributed by atoms with van der Waals surface area (Å²) in [4.78, 5) is 20.6. The van der Waals surface area contributed by atoms with Crippen LogP contribution >= 0.6 is 22.7 Å². The fraction of sp³-hybridized carbons (Fsp3) is 0.381. The highest BCUT2D eigenvalue weighted by Crippen LogP contribution is 2.40. The first kappa shape index (κ1) is 19.1. The van der Waals surface area contributed by atoms with Crippen molar-refractivity contribution in [2.24, 2.45) is 0 Å². The quantitative estimate of drug-likeness (QED) is 0.543. The van der Waals surface area contributed by atoms with Gasteiger partial charge < -0.3 is 4.74 Å². The van der Waals surface area contributed by atoms with Crippen molar-refractivity contribution in [3.8, 4) is 16.0 Å². The minimum atomic E-state index is -0.326. The van der Waals surface area contributed by atoms with E-state index in [0.717, 1.165) is 33.1 Å². The molecule has 1 atom stereocenters. The molecule has 28 heavy (non-hydrogen) atoms. The van der Waals surface area contributed by atoms with E-state index in [4.69, 9.17) is 4.74 Å². The van der Waals surface area contributed by atoms with E-state index in [9.17, 15) is 10.1 Å². The predicted molar refractivity (Wildman–Crippen MR) is 113 cm³/mol. The van der Waals surface area contributed by atoms with Gasteiger partial charge in [-0.25, -0.2) is 9.78 Å². The summed E-state index contributed by atoms with van der Waals surface area (Å²) in [5, 5.41) is 11.5. The molecule has 1 unspecified atom stereocenters. The van der Waals surface area contributed by atoms with Gasteiger partial charge in [0.05, 0.1) is 27.4 Å². The smallest absolute Gasteiger partial charge is 0.350 e. The lowest BCUT2D eigenvalue weighted by Crippen LogP contribution is -2.38. The summed E-state index contributed by atoms with van der Waals surface area (Å²) < 4.78 is 6.10. The molecule has 144 valence electrons. The van der Waals surface area contributed by atoms with Gasteiger partial charge >= 0.3 is 5.97 Å². The van der Waals surface area contributed by atoms with E-state index in [0.29, 0.717) is 28.8 Å². The first-order valence-corrected chi connectivity index (χ1v) is 11.0. The maximum Gasteiger partial charge on any atom is 0.350 e. The number of carbonyl (C=O) groups excluding carboxylic acids is 1. The second kappa shape index (κ2) is 7.63. The lowest BCUT2D eigenvalue weighted by molar-refractivity contribution is 0.0531. The zero-order valence-corrected chi connectivity index (χ0v) is 17.7. The lowest BCUT2D eigenvalue weighted by Gasteiger charge is -2.36. The van der Waals surface area contributed by atoms with Crippen LogP contribution in [0.1, 0.15) is 52.8 Å². The highest BCUT2D eigenvalue weighted by molar-refractivity contribution is 7.26. The molecular formula is C21H21N3O2S2. The van der Waals surface area contributed by atoms with E-state index in [2.05, 4.69) is 35.0 Å². The van der Waals surface area contributed by atoms with Crippen LogP contribution in [0.25, 0.3) is 20.0 Å². The van der Waals surface area contributed by atoms with Crippen LogP contribution in [0.15, 0.2) is 18.2 Å². The molecule has 7 heteroatoms. The number of ether oxygens (including phenoxy) is 1. The molecule has 1 saturated heterocycles. The summed E-state index contributed by atoms with van der Waals surface area (Å²) in [6.45, 7) is 8.40. The number of benzene rings is 1. The summed E-state index contributed by atoms with van der Waals surface area (Å²) in [5.41, 5.74) is 2.56. The molecule has 3 heterocycles. The molecule has 0 aliphatic carbocycles. The number of esters is 1. The molecule has 2 aromatic heterocycles. The molecule has 0 bridgehead atoms. The number of nitriles is 1. The molecule has 3 aromatic rings. The second-order valence-corrected chi connectivity index (χ2v) is 8.98. The van der Waals surface area contributed by atoms with Gasteiger partial charge in [-0.2, -0.15) is 5.26 Å². The molecule has 1 fully saturated rings. The van der Waals surface area contributed by atoms with Crippen molar-refractivity contribution in [3.05, 3.63) is 39.9 Å². The normalized spacial score (nSPS) is 15.2. The Balaban J connectivity index is 1.74. The summed E-state index contributed by atoms with van der Waals surface area (Å²) in [5.74, 6) is -0.326. The van der Waals surface area contributed by atoms with Crippen molar-refractivity contribution in [1.82, 2.24) is 9.88 Å². The maximum absolute atomic E-state index is 12.1. The summed E-state index contributed by atoms with van der Waals surface area (Å²) >= 11 is 2.91. The molecule has 0 saturated carbocycles. The average molecular weight is 412 g/mol. The number of carbonyl (C=O) groups is 1. The SMILES string of the molecule is CCOC(=O)c1sc(-c2cc3cc(C(C)N4CCC4)cc(C#N)c3s2)nc1C. The molecule has 0 spiro atoms. The zero-order valence-electron chi connectivity index (χ0n) is 16.1. The molecule has 0 N–H and O–H groups in total. The molecular weight excluding hydrogens is 390 g/mol. The van der Waals surface area contributed by atoms with Gasteiger partial charge in [-0.1, -0.05) is 0 Å². The number of aromatic nitrogens is 1.